The highest BCUT2D eigenvalue weighted by Gasteiger charge is 2.18. The number of carbonyl (C=O) groups excluding carboxylic acids is 1. The molecule has 1 aromatic carbocycles. The third kappa shape index (κ3) is 5.40. The van der Waals surface area contributed by atoms with Crippen molar-refractivity contribution in [2.75, 3.05) is 20.2 Å². The number of hydrogen-bond donors (Lipinski definition) is 2. The number of hydrogen-bond acceptors (Lipinski definition) is 6. The summed E-state index contributed by atoms with van der Waals surface area (Å²) in [5.74, 6) is -0.233. The van der Waals surface area contributed by atoms with Gasteiger partial charge in [-0.1, -0.05) is 30.3 Å². The van der Waals surface area contributed by atoms with Gasteiger partial charge in [-0.05, 0) is 5.56 Å². The first-order valence-corrected chi connectivity index (χ1v) is 8.17. The van der Waals surface area contributed by atoms with Gasteiger partial charge in [-0.2, -0.15) is 0 Å². The lowest BCUT2D eigenvalue weighted by atomic mass is 10.2. The number of thiazole rings is 1. The first-order chi connectivity index (χ1) is 11.1. The number of nitrogens with zero attached hydrogens (tertiary/aromatic N) is 2. The zero-order valence-corrected chi connectivity index (χ0v) is 13.8. The Bertz CT molecular complexity index is 618. The van der Waals surface area contributed by atoms with Gasteiger partial charge in [-0.3, -0.25) is 4.79 Å². The van der Waals surface area contributed by atoms with Crippen LogP contribution in [0.4, 0.5) is 0 Å². The number of ether oxygens (including phenoxy) is 1. The molecular weight excluding hydrogens is 314 g/mol. The van der Waals surface area contributed by atoms with Gasteiger partial charge in [0.1, 0.15) is 10.7 Å². The van der Waals surface area contributed by atoms with E-state index in [0.29, 0.717) is 23.9 Å². The van der Waals surface area contributed by atoms with Gasteiger partial charge >= 0.3 is 0 Å². The molecule has 0 aliphatic rings. The molecule has 0 aliphatic carbocycles. The average Bonchev–Trinajstić information content (AvgIpc) is 3.04. The van der Waals surface area contributed by atoms with Crippen molar-refractivity contribution in [3.63, 3.8) is 0 Å². The molecule has 1 amide bonds. The summed E-state index contributed by atoms with van der Waals surface area (Å²) >= 11 is 1.35. The fourth-order valence-electron chi connectivity index (χ4n) is 2.04. The summed E-state index contributed by atoms with van der Waals surface area (Å²) in [5.41, 5.74) is 6.89. The molecule has 3 N–H and O–H groups in total. The van der Waals surface area contributed by atoms with Gasteiger partial charge in [0, 0.05) is 25.5 Å². The molecule has 0 radical (unpaired) electrons. The molecule has 1 atom stereocenters. The van der Waals surface area contributed by atoms with Crippen LogP contribution >= 0.6 is 11.3 Å². The summed E-state index contributed by atoms with van der Waals surface area (Å²) in [7, 11) is 1.63. The van der Waals surface area contributed by atoms with Crippen LogP contribution < -0.4 is 5.73 Å². The summed E-state index contributed by atoms with van der Waals surface area (Å²) in [6.07, 6.45) is -0.750. The molecule has 2 aromatic rings. The lowest BCUT2D eigenvalue weighted by Crippen LogP contribution is -2.36. The Labute approximate surface area is 139 Å². The lowest BCUT2D eigenvalue weighted by Gasteiger charge is -2.20. The van der Waals surface area contributed by atoms with Crippen molar-refractivity contribution in [1.29, 1.82) is 0 Å². The quantitative estimate of drug-likeness (QED) is 0.758. The van der Waals surface area contributed by atoms with E-state index in [0.717, 1.165) is 5.56 Å². The summed E-state index contributed by atoms with van der Waals surface area (Å²) in [6, 6.07) is 9.72. The highest BCUT2D eigenvalue weighted by Crippen LogP contribution is 2.11. The Morgan fingerprint density at radius 2 is 2.17 bits per heavy atom. The monoisotopic (exact) mass is 335 g/mol. The van der Waals surface area contributed by atoms with Gasteiger partial charge in [0.05, 0.1) is 19.3 Å². The van der Waals surface area contributed by atoms with Crippen LogP contribution in [-0.2, 0) is 17.9 Å². The maximum Gasteiger partial charge on any atom is 0.273 e. The van der Waals surface area contributed by atoms with E-state index >= 15 is 0 Å². The molecule has 7 heteroatoms. The highest BCUT2D eigenvalue weighted by atomic mass is 32.1. The van der Waals surface area contributed by atoms with E-state index in [9.17, 15) is 9.90 Å². The fraction of sp³-hybridized carbons (Fsp3) is 0.375. The molecule has 0 aliphatic heterocycles. The number of aliphatic hydroxyl groups is 1. The Kier molecular flexibility index (Phi) is 6.66. The van der Waals surface area contributed by atoms with E-state index in [2.05, 4.69) is 4.98 Å². The van der Waals surface area contributed by atoms with E-state index in [1.807, 2.05) is 30.3 Å². The standard InChI is InChI=1S/C16H21N3O3S/c1-19(16(21)14-11-23-15(7-17)18-14)8-13(20)10-22-9-12-5-3-2-4-6-12/h2-6,11,13,20H,7-10,17H2,1H3. The van der Waals surface area contributed by atoms with Crippen LogP contribution in [0.2, 0.25) is 0 Å². The molecule has 2 rings (SSSR count). The summed E-state index contributed by atoms with van der Waals surface area (Å²) in [6.45, 7) is 1.10. The number of amides is 1. The molecule has 0 saturated heterocycles. The zero-order chi connectivity index (χ0) is 16.7. The first-order valence-electron chi connectivity index (χ1n) is 7.29. The van der Waals surface area contributed by atoms with Crippen molar-refractivity contribution in [3.05, 3.63) is 52.0 Å². The predicted molar refractivity (Wildman–Crippen MR) is 89.1 cm³/mol. The van der Waals surface area contributed by atoms with Gasteiger partial charge < -0.3 is 20.5 Å². The van der Waals surface area contributed by atoms with E-state index in [1.54, 1.807) is 12.4 Å². The van der Waals surface area contributed by atoms with Crippen molar-refractivity contribution < 1.29 is 14.6 Å². The molecule has 0 spiro atoms. The molecule has 0 saturated carbocycles. The van der Waals surface area contributed by atoms with Gasteiger partial charge in [0.15, 0.2) is 0 Å². The molecule has 0 bridgehead atoms. The third-order valence-electron chi connectivity index (χ3n) is 3.20. The van der Waals surface area contributed by atoms with Crippen molar-refractivity contribution in [2.24, 2.45) is 5.73 Å². The first kappa shape index (κ1) is 17.6. The maximum absolute atomic E-state index is 12.2. The molecule has 0 fully saturated rings. The zero-order valence-electron chi connectivity index (χ0n) is 13.0. The average molecular weight is 335 g/mol. The number of carbonyl (C=O) groups is 1. The number of nitrogens with two attached hydrogens (primary N) is 1. The molecule has 23 heavy (non-hydrogen) atoms. The fourth-order valence-corrected chi connectivity index (χ4v) is 2.69. The number of rotatable bonds is 8. The number of aromatic nitrogens is 1. The minimum absolute atomic E-state index is 0.164. The molecule has 1 heterocycles. The topological polar surface area (TPSA) is 88.7 Å². The second-order valence-electron chi connectivity index (χ2n) is 5.17. The van der Waals surface area contributed by atoms with Gasteiger partial charge in [-0.15, -0.1) is 11.3 Å². The van der Waals surface area contributed by atoms with Crippen LogP contribution in [0.3, 0.4) is 0 Å². The molecule has 1 aromatic heterocycles. The van der Waals surface area contributed by atoms with Crippen LogP contribution in [-0.4, -0.2) is 47.2 Å². The highest BCUT2D eigenvalue weighted by molar-refractivity contribution is 7.09. The van der Waals surface area contributed by atoms with Gasteiger partial charge in [0.25, 0.3) is 5.91 Å². The van der Waals surface area contributed by atoms with Crippen LogP contribution in [0, 0.1) is 0 Å². The number of likely N-dealkylation sites (N-methyl/N-ethyl adjacent to an activating group) is 1. The minimum Gasteiger partial charge on any atom is -0.389 e. The smallest absolute Gasteiger partial charge is 0.273 e. The number of aliphatic hydroxyl groups excluding tert-OH is 1. The Morgan fingerprint density at radius 1 is 1.43 bits per heavy atom. The molecule has 1 unspecified atom stereocenters. The van der Waals surface area contributed by atoms with Crippen molar-refractivity contribution in [2.45, 2.75) is 19.3 Å². The Hall–Kier alpha value is -1.80. The summed E-state index contributed by atoms with van der Waals surface area (Å²) in [4.78, 5) is 17.8. The lowest BCUT2D eigenvalue weighted by molar-refractivity contribution is 0.0136. The van der Waals surface area contributed by atoms with Gasteiger partial charge in [-0.25, -0.2) is 4.98 Å². The van der Waals surface area contributed by atoms with Crippen LogP contribution in [0.1, 0.15) is 21.1 Å². The van der Waals surface area contributed by atoms with Crippen molar-refractivity contribution in [1.82, 2.24) is 9.88 Å². The minimum atomic E-state index is -0.750. The van der Waals surface area contributed by atoms with Crippen LogP contribution in [0.15, 0.2) is 35.7 Å². The van der Waals surface area contributed by atoms with Gasteiger partial charge in [0.2, 0.25) is 0 Å². The van der Waals surface area contributed by atoms with Crippen LogP contribution in [0.25, 0.3) is 0 Å². The Balaban J connectivity index is 1.75. The molecule has 124 valence electrons. The third-order valence-corrected chi connectivity index (χ3v) is 4.07. The molecular formula is C16H21N3O3S. The SMILES string of the molecule is CN(CC(O)COCc1ccccc1)C(=O)c1csc(CN)n1. The number of benzene rings is 1. The summed E-state index contributed by atoms with van der Waals surface area (Å²) in [5, 5.41) is 12.4. The largest absolute Gasteiger partial charge is 0.389 e. The van der Waals surface area contributed by atoms with Crippen LogP contribution in [0.5, 0.6) is 0 Å². The van der Waals surface area contributed by atoms with Crippen molar-refractivity contribution >= 4 is 17.2 Å². The van der Waals surface area contributed by atoms with E-state index in [4.69, 9.17) is 10.5 Å². The van der Waals surface area contributed by atoms with E-state index in [-0.39, 0.29) is 19.1 Å². The maximum atomic E-state index is 12.2. The second-order valence-corrected chi connectivity index (χ2v) is 6.11. The van der Waals surface area contributed by atoms with E-state index in [1.165, 1.54) is 16.2 Å². The second kappa shape index (κ2) is 8.73. The summed E-state index contributed by atoms with van der Waals surface area (Å²) < 4.78 is 5.47. The van der Waals surface area contributed by atoms with E-state index < -0.39 is 6.10 Å². The predicted octanol–water partition coefficient (Wildman–Crippen LogP) is 1.25. The Morgan fingerprint density at radius 3 is 2.83 bits per heavy atom. The normalized spacial score (nSPS) is 12.1. The van der Waals surface area contributed by atoms with Crippen molar-refractivity contribution in [3.8, 4) is 0 Å². The molecule has 6 nitrogen and oxygen atoms in total.